The number of amides is 2. The Morgan fingerprint density at radius 3 is 2.91 bits per heavy atom. The van der Waals surface area contributed by atoms with Crippen molar-refractivity contribution in [2.75, 3.05) is 7.11 Å². The fourth-order valence-electron chi connectivity index (χ4n) is 4.82. The van der Waals surface area contributed by atoms with Gasteiger partial charge in [0.15, 0.2) is 17.7 Å². The highest BCUT2D eigenvalue weighted by atomic mass is 35.5. The van der Waals surface area contributed by atoms with E-state index < -0.39 is 23.4 Å². The highest BCUT2D eigenvalue weighted by molar-refractivity contribution is 6.30. The molecular formula is C22H21ClFN3O5. The van der Waals surface area contributed by atoms with Gasteiger partial charge in [-0.15, -0.1) is 0 Å². The van der Waals surface area contributed by atoms with Gasteiger partial charge in [-0.05, 0) is 37.0 Å². The predicted molar refractivity (Wildman–Crippen MR) is 112 cm³/mol. The van der Waals surface area contributed by atoms with E-state index in [-0.39, 0.29) is 46.6 Å². The van der Waals surface area contributed by atoms with E-state index in [1.807, 2.05) is 0 Å². The lowest BCUT2D eigenvalue weighted by Crippen LogP contribution is -2.57. The first-order chi connectivity index (χ1) is 15.4. The Morgan fingerprint density at radius 1 is 1.34 bits per heavy atom. The van der Waals surface area contributed by atoms with E-state index in [9.17, 15) is 18.8 Å². The van der Waals surface area contributed by atoms with Crippen LogP contribution < -0.4 is 15.5 Å². The van der Waals surface area contributed by atoms with Crippen LogP contribution in [0.1, 0.15) is 45.7 Å². The zero-order chi connectivity index (χ0) is 22.6. The summed E-state index contributed by atoms with van der Waals surface area (Å²) in [6.45, 7) is 0.297. The number of halogens is 2. The number of rotatable bonds is 4. The van der Waals surface area contributed by atoms with E-state index in [0.717, 1.165) is 19.3 Å². The molecule has 1 aromatic heterocycles. The Hall–Kier alpha value is -2.91. The number of nitrogens with one attached hydrogen (secondary N) is 1. The van der Waals surface area contributed by atoms with Gasteiger partial charge in [-0.1, -0.05) is 17.7 Å². The molecule has 2 aromatic rings. The van der Waals surface area contributed by atoms with Crippen LogP contribution in [0, 0.1) is 5.82 Å². The lowest BCUT2D eigenvalue weighted by Gasteiger charge is -2.44. The van der Waals surface area contributed by atoms with Crippen LogP contribution in [0.25, 0.3) is 0 Å². The lowest BCUT2D eigenvalue weighted by molar-refractivity contribution is -0.132. The van der Waals surface area contributed by atoms with Gasteiger partial charge in [-0.25, -0.2) is 4.39 Å². The molecule has 0 radical (unpaired) electrons. The van der Waals surface area contributed by atoms with Crippen molar-refractivity contribution in [2.45, 2.75) is 50.7 Å². The largest absolute Gasteiger partial charge is 0.491 e. The van der Waals surface area contributed by atoms with Crippen LogP contribution in [0.5, 0.6) is 5.75 Å². The lowest BCUT2D eigenvalue weighted by atomic mass is 10.1. The van der Waals surface area contributed by atoms with E-state index in [2.05, 4.69) is 5.32 Å². The van der Waals surface area contributed by atoms with E-state index in [4.69, 9.17) is 21.1 Å². The van der Waals surface area contributed by atoms with E-state index in [1.165, 1.54) is 25.4 Å². The number of ether oxygens (including phenoxy) is 2. The first-order valence-corrected chi connectivity index (χ1v) is 10.8. The third-order valence-electron chi connectivity index (χ3n) is 6.32. The SMILES string of the molecule is COc1c2n(cc(C(=O)NCc3ccc(Cl)c(F)c3)c1=O)C[C@@H]1O[C@H]3CC[C@H](C3)N1C2=O. The van der Waals surface area contributed by atoms with Crippen LogP contribution >= 0.6 is 11.6 Å². The number of fused-ring (bicyclic) bond motifs is 5. The molecule has 1 aromatic carbocycles. The molecule has 2 amide bonds. The van der Waals surface area contributed by atoms with Gasteiger partial charge in [0.05, 0.1) is 24.8 Å². The van der Waals surface area contributed by atoms with Gasteiger partial charge in [0.2, 0.25) is 5.43 Å². The maximum atomic E-state index is 13.6. The number of nitrogens with zero attached hydrogens (tertiary/aromatic N) is 2. The summed E-state index contributed by atoms with van der Waals surface area (Å²) in [6.07, 6.45) is 3.61. The molecule has 1 N–H and O–H groups in total. The molecular weight excluding hydrogens is 441 g/mol. The molecule has 3 aliphatic rings. The Labute approximate surface area is 187 Å². The highest BCUT2D eigenvalue weighted by Crippen LogP contribution is 2.38. The van der Waals surface area contributed by atoms with Gasteiger partial charge >= 0.3 is 0 Å². The van der Waals surface area contributed by atoms with Crippen LogP contribution in [-0.2, 0) is 17.8 Å². The second-order valence-electron chi connectivity index (χ2n) is 8.23. The Bertz CT molecular complexity index is 1180. The molecule has 3 atom stereocenters. The van der Waals surface area contributed by atoms with Crippen molar-refractivity contribution in [3.63, 3.8) is 0 Å². The average Bonchev–Trinajstić information content (AvgIpc) is 3.15. The number of carbonyl (C=O) groups excluding carboxylic acids is 2. The van der Waals surface area contributed by atoms with Crippen LogP contribution in [0.4, 0.5) is 4.39 Å². The Morgan fingerprint density at radius 2 is 2.16 bits per heavy atom. The molecule has 5 rings (SSSR count). The van der Waals surface area contributed by atoms with Gasteiger partial charge in [-0.2, -0.15) is 0 Å². The predicted octanol–water partition coefficient (Wildman–Crippen LogP) is 2.31. The van der Waals surface area contributed by atoms with Crippen molar-refractivity contribution in [2.24, 2.45) is 0 Å². The quantitative estimate of drug-likeness (QED) is 0.754. The fourth-order valence-corrected chi connectivity index (χ4v) is 4.93. The van der Waals surface area contributed by atoms with Crippen LogP contribution in [0.3, 0.4) is 0 Å². The van der Waals surface area contributed by atoms with Crippen molar-refractivity contribution in [3.8, 4) is 5.75 Å². The standard InChI is InChI=1S/C22H21ClFN3O5/c1-31-20-18-22(30)27-12-3-4-13(7-12)32-17(27)10-26(18)9-14(19(20)28)21(29)25-8-11-2-5-15(23)16(24)6-11/h2,5-6,9,12-13,17H,3-4,7-8,10H2,1H3,(H,25,29)/t12-,13+,17+/m1/s1. The molecule has 1 saturated carbocycles. The second-order valence-corrected chi connectivity index (χ2v) is 8.64. The first-order valence-electron chi connectivity index (χ1n) is 10.4. The zero-order valence-electron chi connectivity index (χ0n) is 17.3. The Kier molecular flexibility index (Phi) is 5.17. The van der Waals surface area contributed by atoms with Crippen molar-refractivity contribution in [3.05, 3.63) is 62.3 Å². The maximum Gasteiger partial charge on any atom is 0.276 e. The average molecular weight is 462 g/mol. The molecule has 10 heteroatoms. The first kappa shape index (κ1) is 21.0. The summed E-state index contributed by atoms with van der Waals surface area (Å²) < 4.78 is 26.6. The number of carbonyl (C=O) groups is 2. The van der Waals surface area contributed by atoms with Crippen LogP contribution in [0.15, 0.2) is 29.2 Å². The molecule has 1 aliphatic carbocycles. The van der Waals surface area contributed by atoms with Crippen molar-refractivity contribution in [1.29, 1.82) is 0 Å². The zero-order valence-corrected chi connectivity index (χ0v) is 18.0. The van der Waals surface area contributed by atoms with Crippen molar-refractivity contribution >= 4 is 23.4 Å². The summed E-state index contributed by atoms with van der Waals surface area (Å²) in [5.74, 6) is -1.75. The minimum Gasteiger partial charge on any atom is -0.491 e. The number of benzene rings is 1. The molecule has 2 aliphatic heterocycles. The second kappa shape index (κ2) is 7.90. The van der Waals surface area contributed by atoms with E-state index in [1.54, 1.807) is 15.5 Å². The van der Waals surface area contributed by atoms with E-state index >= 15 is 0 Å². The minimum atomic E-state index is -0.674. The van der Waals surface area contributed by atoms with E-state index in [0.29, 0.717) is 12.1 Å². The summed E-state index contributed by atoms with van der Waals surface area (Å²) in [7, 11) is 1.30. The fraction of sp³-hybridized carbons (Fsp3) is 0.409. The normalized spacial score (nSPS) is 23.5. The summed E-state index contributed by atoms with van der Waals surface area (Å²) in [5, 5.41) is 2.59. The minimum absolute atomic E-state index is 0.00175. The Balaban J connectivity index is 1.45. The molecule has 32 heavy (non-hydrogen) atoms. The monoisotopic (exact) mass is 461 g/mol. The van der Waals surface area contributed by atoms with Gasteiger partial charge in [-0.3, -0.25) is 14.4 Å². The van der Waals surface area contributed by atoms with Gasteiger partial charge in [0.25, 0.3) is 11.8 Å². The highest BCUT2D eigenvalue weighted by Gasteiger charge is 2.47. The molecule has 0 unspecified atom stereocenters. The third-order valence-corrected chi connectivity index (χ3v) is 6.63. The number of hydrogen-bond donors (Lipinski definition) is 1. The smallest absolute Gasteiger partial charge is 0.276 e. The molecule has 168 valence electrons. The molecule has 8 nitrogen and oxygen atoms in total. The van der Waals surface area contributed by atoms with Crippen molar-refractivity contribution < 1.29 is 23.5 Å². The number of aromatic nitrogens is 1. The summed E-state index contributed by atoms with van der Waals surface area (Å²) in [4.78, 5) is 40.8. The molecule has 3 heterocycles. The summed E-state index contributed by atoms with van der Waals surface area (Å²) in [5.41, 5.74) is -0.228. The summed E-state index contributed by atoms with van der Waals surface area (Å²) >= 11 is 5.68. The van der Waals surface area contributed by atoms with Crippen molar-refractivity contribution in [1.82, 2.24) is 14.8 Å². The van der Waals surface area contributed by atoms with Crippen LogP contribution in [0.2, 0.25) is 5.02 Å². The number of pyridine rings is 1. The van der Waals surface area contributed by atoms with Gasteiger partial charge in [0, 0.05) is 18.8 Å². The summed E-state index contributed by atoms with van der Waals surface area (Å²) in [6, 6.07) is 4.27. The van der Waals surface area contributed by atoms with Gasteiger partial charge in [0.1, 0.15) is 11.4 Å². The topological polar surface area (TPSA) is 89.9 Å². The molecule has 2 fully saturated rings. The molecule has 2 bridgehead atoms. The third kappa shape index (κ3) is 3.36. The van der Waals surface area contributed by atoms with Crippen LogP contribution in [-0.4, -0.2) is 46.8 Å². The maximum absolute atomic E-state index is 13.6. The number of methoxy groups -OCH3 is 1. The van der Waals surface area contributed by atoms with Gasteiger partial charge < -0.3 is 24.3 Å². The molecule has 0 spiro atoms. The number of hydrogen-bond acceptors (Lipinski definition) is 5. The molecule has 1 saturated heterocycles.